The van der Waals surface area contributed by atoms with Gasteiger partial charge >= 0.3 is 0 Å². The molecule has 0 spiro atoms. The Bertz CT molecular complexity index is 459. The van der Waals surface area contributed by atoms with Crippen molar-refractivity contribution in [2.75, 3.05) is 6.54 Å². The fourth-order valence-electron chi connectivity index (χ4n) is 3.20. The lowest BCUT2D eigenvalue weighted by Crippen LogP contribution is -2.46. The predicted octanol–water partition coefficient (Wildman–Crippen LogP) is 3.33. The second-order valence-corrected chi connectivity index (χ2v) is 7.64. The number of aliphatic imine (C=N–C) groups is 1. The van der Waals surface area contributed by atoms with Crippen LogP contribution in [-0.2, 0) is 6.54 Å². The molecule has 2 rings (SSSR count). The summed E-state index contributed by atoms with van der Waals surface area (Å²) in [6, 6.07) is 0.541. The molecule has 1 fully saturated rings. The van der Waals surface area contributed by atoms with E-state index in [-0.39, 0.29) is 0 Å². The second kappa shape index (κ2) is 7.78. The molecule has 5 heteroatoms. The van der Waals surface area contributed by atoms with Crippen molar-refractivity contribution in [1.82, 2.24) is 15.6 Å². The summed E-state index contributed by atoms with van der Waals surface area (Å²) in [5, 5.41) is 8.04. The lowest BCUT2D eigenvalue weighted by atomic mass is 9.80. The molecule has 0 bridgehead atoms. The minimum absolute atomic E-state index is 0.541. The van der Waals surface area contributed by atoms with E-state index in [1.807, 2.05) is 6.20 Å². The van der Waals surface area contributed by atoms with Crippen molar-refractivity contribution < 1.29 is 0 Å². The summed E-state index contributed by atoms with van der Waals surface area (Å²) in [5.41, 5.74) is 0. The molecule has 0 aliphatic heterocycles. The zero-order valence-electron chi connectivity index (χ0n) is 13.6. The van der Waals surface area contributed by atoms with Gasteiger partial charge in [0.15, 0.2) is 5.96 Å². The molecule has 1 aliphatic carbocycles. The van der Waals surface area contributed by atoms with Crippen molar-refractivity contribution in [2.24, 2.45) is 16.8 Å². The van der Waals surface area contributed by atoms with E-state index in [1.54, 1.807) is 11.3 Å². The highest BCUT2D eigenvalue weighted by molar-refractivity contribution is 7.11. The second-order valence-electron chi connectivity index (χ2n) is 6.32. The van der Waals surface area contributed by atoms with E-state index >= 15 is 0 Å². The third-order valence-electron chi connectivity index (χ3n) is 3.91. The standard InChI is InChI=1S/C16H28N4S/c1-5-17-16(19-10-15-18-9-13(4)21-15)20-14-7-11(2)6-12(3)8-14/h9,11-12,14H,5-8,10H2,1-4H3,(H2,17,19,20). The Balaban J connectivity index is 1.94. The highest BCUT2D eigenvalue weighted by atomic mass is 32.1. The maximum Gasteiger partial charge on any atom is 0.191 e. The van der Waals surface area contributed by atoms with Gasteiger partial charge in [-0.1, -0.05) is 13.8 Å². The molecule has 2 N–H and O–H groups in total. The zero-order chi connectivity index (χ0) is 15.2. The van der Waals surface area contributed by atoms with E-state index in [2.05, 4.69) is 48.3 Å². The summed E-state index contributed by atoms with van der Waals surface area (Å²) in [7, 11) is 0. The van der Waals surface area contributed by atoms with Crippen molar-refractivity contribution >= 4 is 17.3 Å². The van der Waals surface area contributed by atoms with Crippen LogP contribution < -0.4 is 10.6 Å². The monoisotopic (exact) mass is 308 g/mol. The molecule has 0 radical (unpaired) electrons. The summed E-state index contributed by atoms with van der Waals surface area (Å²) in [5.74, 6) is 2.53. The number of thiazole rings is 1. The first-order valence-electron chi connectivity index (χ1n) is 8.03. The molecule has 1 heterocycles. The molecule has 2 atom stereocenters. The van der Waals surface area contributed by atoms with Gasteiger partial charge in [0.05, 0.1) is 6.54 Å². The number of hydrogen-bond donors (Lipinski definition) is 2. The Kier molecular flexibility index (Phi) is 6.03. The van der Waals surface area contributed by atoms with Gasteiger partial charge in [-0.25, -0.2) is 9.98 Å². The molecule has 1 saturated carbocycles. The van der Waals surface area contributed by atoms with E-state index in [4.69, 9.17) is 0 Å². The fourth-order valence-corrected chi connectivity index (χ4v) is 3.91. The summed E-state index contributed by atoms with van der Waals surface area (Å²) in [6.45, 7) is 10.4. The number of aromatic nitrogens is 1. The molecule has 0 amide bonds. The molecule has 21 heavy (non-hydrogen) atoms. The quantitative estimate of drug-likeness (QED) is 0.662. The lowest BCUT2D eigenvalue weighted by Gasteiger charge is -2.32. The van der Waals surface area contributed by atoms with Crippen LogP contribution in [0, 0.1) is 18.8 Å². The van der Waals surface area contributed by atoms with Crippen molar-refractivity contribution in [3.63, 3.8) is 0 Å². The van der Waals surface area contributed by atoms with Crippen molar-refractivity contribution in [1.29, 1.82) is 0 Å². The van der Waals surface area contributed by atoms with Gasteiger partial charge in [0.1, 0.15) is 5.01 Å². The molecule has 0 aromatic carbocycles. The smallest absolute Gasteiger partial charge is 0.191 e. The first kappa shape index (κ1) is 16.3. The highest BCUT2D eigenvalue weighted by Crippen LogP contribution is 2.28. The fraction of sp³-hybridized carbons (Fsp3) is 0.750. The van der Waals surface area contributed by atoms with E-state index in [0.29, 0.717) is 12.6 Å². The molecular weight excluding hydrogens is 280 g/mol. The van der Waals surface area contributed by atoms with Gasteiger partial charge in [-0.2, -0.15) is 0 Å². The van der Waals surface area contributed by atoms with Gasteiger partial charge in [0.25, 0.3) is 0 Å². The summed E-state index contributed by atoms with van der Waals surface area (Å²) in [4.78, 5) is 10.3. The molecule has 0 saturated heterocycles. The number of hydrogen-bond acceptors (Lipinski definition) is 3. The first-order chi connectivity index (χ1) is 10.1. The number of guanidine groups is 1. The number of nitrogens with zero attached hydrogens (tertiary/aromatic N) is 2. The average Bonchev–Trinajstić information content (AvgIpc) is 2.81. The zero-order valence-corrected chi connectivity index (χ0v) is 14.5. The Labute approximate surface area is 132 Å². The third-order valence-corrected chi connectivity index (χ3v) is 4.80. The number of nitrogens with one attached hydrogen (secondary N) is 2. The van der Waals surface area contributed by atoms with Crippen molar-refractivity contribution in [3.8, 4) is 0 Å². The normalized spacial score (nSPS) is 26.7. The molecule has 4 nitrogen and oxygen atoms in total. The minimum Gasteiger partial charge on any atom is -0.357 e. The van der Waals surface area contributed by atoms with Crippen molar-refractivity contribution in [3.05, 3.63) is 16.1 Å². The van der Waals surface area contributed by atoms with Crippen LogP contribution in [0.3, 0.4) is 0 Å². The van der Waals surface area contributed by atoms with Crippen LogP contribution in [0.2, 0.25) is 0 Å². The Morgan fingerprint density at radius 2 is 2.05 bits per heavy atom. The summed E-state index contributed by atoms with van der Waals surface area (Å²) in [6.07, 6.45) is 5.75. The van der Waals surface area contributed by atoms with Crippen LogP contribution in [0.5, 0.6) is 0 Å². The minimum atomic E-state index is 0.541. The summed E-state index contributed by atoms with van der Waals surface area (Å²) >= 11 is 1.72. The summed E-state index contributed by atoms with van der Waals surface area (Å²) < 4.78 is 0. The van der Waals surface area contributed by atoms with Crippen LogP contribution >= 0.6 is 11.3 Å². The van der Waals surface area contributed by atoms with Gasteiger partial charge in [0, 0.05) is 23.7 Å². The Morgan fingerprint density at radius 1 is 1.33 bits per heavy atom. The number of aryl methyl sites for hydroxylation is 1. The number of rotatable bonds is 4. The van der Waals surface area contributed by atoms with Gasteiger partial charge < -0.3 is 10.6 Å². The van der Waals surface area contributed by atoms with E-state index in [1.165, 1.54) is 24.1 Å². The molecule has 1 aliphatic rings. The molecule has 1 aromatic heterocycles. The van der Waals surface area contributed by atoms with E-state index < -0.39 is 0 Å². The van der Waals surface area contributed by atoms with Crippen molar-refractivity contribution in [2.45, 2.75) is 59.5 Å². The Morgan fingerprint density at radius 3 is 2.62 bits per heavy atom. The predicted molar refractivity (Wildman–Crippen MR) is 90.8 cm³/mol. The van der Waals surface area contributed by atoms with Crippen LogP contribution in [0.25, 0.3) is 0 Å². The maximum absolute atomic E-state index is 4.68. The highest BCUT2D eigenvalue weighted by Gasteiger charge is 2.24. The van der Waals surface area contributed by atoms with Crippen LogP contribution in [0.4, 0.5) is 0 Å². The Hall–Kier alpha value is -1.10. The topological polar surface area (TPSA) is 49.3 Å². The van der Waals surface area contributed by atoms with Crippen LogP contribution in [-0.4, -0.2) is 23.5 Å². The SMILES string of the molecule is CCNC(=NCc1ncc(C)s1)NC1CC(C)CC(C)C1. The lowest BCUT2D eigenvalue weighted by molar-refractivity contribution is 0.255. The van der Waals surface area contributed by atoms with Crippen LogP contribution in [0.15, 0.2) is 11.2 Å². The van der Waals surface area contributed by atoms with Gasteiger partial charge in [-0.3, -0.25) is 0 Å². The van der Waals surface area contributed by atoms with Crippen LogP contribution in [0.1, 0.15) is 49.9 Å². The average molecular weight is 308 g/mol. The molecule has 2 unspecified atom stereocenters. The van der Waals surface area contributed by atoms with E-state index in [9.17, 15) is 0 Å². The molecule has 1 aromatic rings. The molecule has 118 valence electrons. The third kappa shape index (κ3) is 5.30. The maximum atomic E-state index is 4.68. The van der Waals surface area contributed by atoms with E-state index in [0.717, 1.165) is 29.3 Å². The van der Waals surface area contributed by atoms with Gasteiger partial charge in [0.2, 0.25) is 0 Å². The van der Waals surface area contributed by atoms with Gasteiger partial charge in [-0.05, 0) is 44.9 Å². The molecular formula is C16H28N4S. The van der Waals surface area contributed by atoms with Gasteiger partial charge in [-0.15, -0.1) is 11.3 Å². The largest absolute Gasteiger partial charge is 0.357 e. The first-order valence-corrected chi connectivity index (χ1v) is 8.84.